The summed E-state index contributed by atoms with van der Waals surface area (Å²) in [6, 6.07) is 8.55. The summed E-state index contributed by atoms with van der Waals surface area (Å²) < 4.78 is 5.43. The zero-order chi connectivity index (χ0) is 13.9. The zero-order valence-electron chi connectivity index (χ0n) is 12.2. The molecule has 0 heterocycles. The van der Waals surface area contributed by atoms with Crippen molar-refractivity contribution in [1.29, 1.82) is 0 Å². The smallest absolute Gasteiger partial charge is 0.164 e. The van der Waals surface area contributed by atoms with E-state index in [1.165, 1.54) is 17.5 Å². The second-order valence-electron chi connectivity index (χ2n) is 5.70. The van der Waals surface area contributed by atoms with Crippen LogP contribution in [0.5, 0.6) is 0 Å². The van der Waals surface area contributed by atoms with Gasteiger partial charge in [-0.05, 0) is 49.7 Å². The highest BCUT2D eigenvalue weighted by molar-refractivity contribution is 5.87. The van der Waals surface area contributed by atoms with Gasteiger partial charge in [-0.15, -0.1) is 0 Å². The number of rotatable bonds is 5. The van der Waals surface area contributed by atoms with Gasteiger partial charge in [0.2, 0.25) is 0 Å². The summed E-state index contributed by atoms with van der Waals surface area (Å²) in [7, 11) is 1.64. The van der Waals surface area contributed by atoms with Crippen molar-refractivity contribution in [2.24, 2.45) is 0 Å². The van der Waals surface area contributed by atoms with E-state index in [4.69, 9.17) is 4.74 Å². The van der Waals surface area contributed by atoms with Crippen molar-refractivity contribution in [2.45, 2.75) is 57.5 Å². The van der Waals surface area contributed by atoms with Crippen LogP contribution in [0.25, 0.3) is 0 Å². The molecule has 0 N–H and O–H groups in total. The number of aryl methyl sites for hydroxylation is 1. The van der Waals surface area contributed by atoms with E-state index in [0.717, 1.165) is 19.3 Å². The maximum Gasteiger partial charge on any atom is 0.164 e. The molecular weight excluding hydrogens is 236 g/mol. The number of Topliss-reactive ketones (excluding diaryl/α,β-unsaturated/α-hetero) is 1. The van der Waals surface area contributed by atoms with E-state index in [1.54, 1.807) is 7.11 Å². The maximum atomic E-state index is 12.5. The Morgan fingerprint density at radius 2 is 2.16 bits per heavy atom. The minimum atomic E-state index is -0.619. The SMILES string of the molecule is CCC(C)(OC)C(=O)CC1CCCc2ccccc21. The van der Waals surface area contributed by atoms with Gasteiger partial charge in [0.1, 0.15) is 5.60 Å². The fourth-order valence-corrected chi connectivity index (χ4v) is 2.96. The number of benzene rings is 1. The molecule has 0 aromatic heterocycles. The molecule has 1 aromatic carbocycles. The summed E-state index contributed by atoms with van der Waals surface area (Å²) in [4.78, 5) is 12.5. The lowest BCUT2D eigenvalue weighted by atomic mass is 9.78. The van der Waals surface area contributed by atoms with Gasteiger partial charge in [0, 0.05) is 13.5 Å². The monoisotopic (exact) mass is 260 g/mol. The van der Waals surface area contributed by atoms with E-state index in [1.807, 2.05) is 13.8 Å². The normalized spacial score (nSPS) is 21.5. The number of ether oxygens (including phenoxy) is 1. The molecule has 0 amide bonds. The lowest BCUT2D eigenvalue weighted by Crippen LogP contribution is -2.37. The molecular formula is C17H24O2. The van der Waals surface area contributed by atoms with E-state index in [0.29, 0.717) is 12.3 Å². The number of hydrogen-bond acceptors (Lipinski definition) is 2. The second kappa shape index (κ2) is 5.87. The Balaban J connectivity index is 2.15. The minimum absolute atomic E-state index is 0.235. The molecule has 0 fully saturated rings. The molecule has 0 aliphatic heterocycles. The molecule has 1 aromatic rings. The molecule has 1 aliphatic rings. The van der Waals surface area contributed by atoms with Crippen molar-refractivity contribution < 1.29 is 9.53 Å². The summed E-state index contributed by atoms with van der Waals surface area (Å²) in [6.07, 6.45) is 4.79. The van der Waals surface area contributed by atoms with Crippen LogP contribution in [0.2, 0.25) is 0 Å². The summed E-state index contributed by atoms with van der Waals surface area (Å²) in [5, 5.41) is 0. The van der Waals surface area contributed by atoms with Gasteiger partial charge in [-0.2, -0.15) is 0 Å². The largest absolute Gasteiger partial charge is 0.371 e. The Labute approximate surface area is 116 Å². The van der Waals surface area contributed by atoms with E-state index in [9.17, 15) is 4.79 Å². The number of fused-ring (bicyclic) bond motifs is 1. The Morgan fingerprint density at radius 1 is 1.42 bits per heavy atom. The first-order valence-corrected chi connectivity index (χ1v) is 7.27. The summed E-state index contributed by atoms with van der Waals surface area (Å²) in [6.45, 7) is 3.92. The number of methoxy groups -OCH3 is 1. The third kappa shape index (κ3) is 2.89. The molecule has 2 heteroatoms. The van der Waals surface area contributed by atoms with Crippen molar-refractivity contribution in [3.8, 4) is 0 Å². The predicted molar refractivity (Wildman–Crippen MR) is 77.5 cm³/mol. The molecule has 0 spiro atoms. The van der Waals surface area contributed by atoms with Gasteiger partial charge in [-0.1, -0.05) is 31.2 Å². The molecule has 2 nitrogen and oxygen atoms in total. The van der Waals surface area contributed by atoms with Gasteiger partial charge in [-0.3, -0.25) is 4.79 Å². The highest BCUT2D eigenvalue weighted by Crippen LogP contribution is 2.35. The molecule has 104 valence electrons. The lowest BCUT2D eigenvalue weighted by Gasteiger charge is -2.30. The van der Waals surface area contributed by atoms with Gasteiger partial charge in [-0.25, -0.2) is 0 Å². The number of carbonyl (C=O) groups excluding carboxylic acids is 1. The fourth-order valence-electron chi connectivity index (χ4n) is 2.96. The molecule has 2 rings (SSSR count). The molecule has 2 unspecified atom stereocenters. The van der Waals surface area contributed by atoms with Crippen molar-refractivity contribution in [3.63, 3.8) is 0 Å². The maximum absolute atomic E-state index is 12.5. The summed E-state index contributed by atoms with van der Waals surface area (Å²) >= 11 is 0. The van der Waals surface area contributed by atoms with Gasteiger partial charge < -0.3 is 4.74 Å². The van der Waals surface area contributed by atoms with E-state index in [-0.39, 0.29) is 5.78 Å². The van der Waals surface area contributed by atoms with Crippen LogP contribution in [0.1, 0.15) is 56.6 Å². The van der Waals surface area contributed by atoms with E-state index < -0.39 is 5.60 Å². The van der Waals surface area contributed by atoms with Crippen molar-refractivity contribution >= 4 is 5.78 Å². The number of ketones is 1. The Kier molecular flexibility index (Phi) is 4.41. The molecule has 19 heavy (non-hydrogen) atoms. The molecule has 1 aliphatic carbocycles. The summed E-state index contributed by atoms with van der Waals surface area (Å²) in [5.74, 6) is 0.609. The van der Waals surface area contributed by atoms with Crippen LogP contribution in [0.15, 0.2) is 24.3 Å². The highest BCUT2D eigenvalue weighted by Gasteiger charge is 2.33. The predicted octanol–water partition coefficient (Wildman–Crippen LogP) is 3.88. The average molecular weight is 260 g/mol. The van der Waals surface area contributed by atoms with Crippen molar-refractivity contribution in [1.82, 2.24) is 0 Å². The molecule has 2 atom stereocenters. The quantitative estimate of drug-likeness (QED) is 0.803. The molecule has 0 saturated heterocycles. The van der Waals surface area contributed by atoms with Crippen LogP contribution in [0.3, 0.4) is 0 Å². The number of hydrogen-bond donors (Lipinski definition) is 0. The first kappa shape index (κ1) is 14.3. The Hall–Kier alpha value is -1.15. The van der Waals surface area contributed by atoms with Gasteiger partial charge in [0.25, 0.3) is 0 Å². The van der Waals surface area contributed by atoms with Crippen LogP contribution < -0.4 is 0 Å². The lowest BCUT2D eigenvalue weighted by molar-refractivity contribution is -0.139. The fraction of sp³-hybridized carbons (Fsp3) is 0.588. The minimum Gasteiger partial charge on any atom is -0.371 e. The van der Waals surface area contributed by atoms with Crippen LogP contribution in [-0.4, -0.2) is 18.5 Å². The number of carbonyl (C=O) groups is 1. The zero-order valence-corrected chi connectivity index (χ0v) is 12.2. The van der Waals surface area contributed by atoms with Crippen LogP contribution >= 0.6 is 0 Å². The van der Waals surface area contributed by atoms with Gasteiger partial charge in [0.05, 0.1) is 0 Å². The molecule has 0 bridgehead atoms. The van der Waals surface area contributed by atoms with Crippen LogP contribution in [0, 0.1) is 0 Å². The average Bonchev–Trinajstić information content (AvgIpc) is 2.46. The first-order chi connectivity index (χ1) is 9.10. The van der Waals surface area contributed by atoms with Crippen LogP contribution in [0.4, 0.5) is 0 Å². The second-order valence-corrected chi connectivity index (χ2v) is 5.70. The summed E-state index contributed by atoms with van der Waals surface area (Å²) in [5.41, 5.74) is 2.17. The van der Waals surface area contributed by atoms with Crippen LogP contribution in [-0.2, 0) is 16.0 Å². The third-order valence-electron chi connectivity index (χ3n) is 4.64. The standard InChI is InChI=1S/C17H24O2/c1-4-17(2,19-3)16(18)12-14-10-7-9-13-8-5-6-11-15(13)14/h5-6,8,11,14H,4,7,9-10,12H2,1-3H3. The topological polar surface area (TPSA) is 26.3 Å². The van der Waals surface area contributed by atoms with E-state index >= 15 is 0 Å². The first-order valence-electron chi connectivity index (χ1n) is 7.27. The molecule has 0 radical (unpaired) electrons. The van der Waals surface area contributed by atoms with Gasteiger partial charge in [0.15, 0.2) is 5.78 Å². The highest BCUT2D eigenvalue weighted by atomic mass is 16.5. The van der Waals surface area contributed by atoms with Crippen molar-refractivity contribution in [3.05, 3.63) is 35.4 Å². The molecule has 0 saturated carbocycles. The Bertz CT molecular complexity index is 446. The van der Waals surface area contributed by atoms with Gasteiger partial charge >= 0.3 is 0 Å². The van der Waals surface area contributed by atoms with Crippen molar-refractivity contribution in [2.75, 3.05) is 7.11 Å². The Morgan fingerprint density at radius 3 is 2.84 bits per heavy atom. The third-order valence-corrected chi connectivity index (χ3v) is 4.64. The van der Waals surface area contributed by atoms with E-state index in [2.05, 4.69) is 24.3 Å².